The smallest absolute Gasteiger partial charge is 0.128 e. The molecule has 4 rings (SSSR count). The molecule has 0 radical (unpaired) electrons. The van der Waals surface area contributed by atoms with Crippen LogP contribution in [0, 0.1) is 11.7 Å². The number of benzene rings is 2. The van der Waals surface area contributed by atoms with E-state index in [2.05, 4.69) is 35.2 Å². The number of halogens is 1. The Morgan fingerprint density at radius 1 is 1.10 bits per heavy atom. The van der Waals surface area contributed by atoms with Gasteiger partial charge in [0, 0.05) is 55.9 Å². The van der Waals surface area contributed by atoms with Gasteiger partial charge in [0.05, 0.1) is 0 Å². The van der Waals surface area contributed by atoms with E-state index in [0.717, 1.165) is 68.7 Å². The van der Waals surface area contributed by atoms with Crippen LogP contribution in [0.4, 0.5) is 4.39 Å². The molecule has 0 spiro atoms. The van der Waals surface area contributed by atoms with Crippen LogP contribution in [0.2, 0.25) is 0 Å². The summed E-state index contributed by atoms with van der Waals surface area (Å²) in [4.78, 5) is 4.74. The zero-order chi connectivity index (χ0) is 21.8. The molecule has 2 atom stereocenters. The lowest BCUT2D eigenvalue weighted by Gasteiger charge is -2.44. The fraction of sp³-hybridized carbons (Fsp3) is 0.538. The largest absolute Gasteiger partial charge is 0.508 e. The molecule has 31 heavy (non-hydrogen) atoms. The lowest BCUT2D eigenvalue weighted by atomic mass is 9.69. The first-order valence-electron chi connectivity index (χ1n) is 11.7. The Balaban J connectivity index is 1.52. The van der Waals surface area contributed by atoms with Crippen molar-refractivity contribution in [1.82, 2.24) is 15.1 Å². The molecule has 0 aromatic heterocycles. The van der Waals surface area contributed by atoms with Crippen molar-refractivity contribution in [3.63, 3.8) is 0 Å². The van der Waals surface area contributed by atoms with Crippen LogP contribution in [0.5, 0.6) is 5.75 Å². The Morgan fingerprint density at radius 2 is 1.87 bits per heavy atom. The number of nitrogens with one attached hydrogen (secondary N) is 1. The van der Waals surface area contributed by atoms with Gasteiger partial charge < -0.3 is 15.3 Å². The van der Waals surface area contributed by atoms with Crippen LogP contribution in [-0.4, -0.2) is 48.1 Å². The SMILES string of the molecule is CC1CCCCC1(NCc1ccc(O)c(CN2CCN(C)CC2)c1)c1ccccc1F. The molecule has 0 bridgehead atoms. The summed E-state index contributed by atoms with van der Waals surface area (Å²) in [5.41, 5.74) is 2.55. The van der Waals surface area contributed by atoms with Gasteiger partial charge >= 0.3 is 0 Å². The maximum atomic E-state index is 14.8. The predicted octanol–water partition coefficient (Wildman–Crippen LogP) is 4.47. The fourth-order valence-corrected chi connectivity index (χ4v) is 5.31. The van der Waals surface area contributed by atoms with Crippen molar-refractivity contribution in [2.45, 2.75) is 51.2 Å². The third kappa shape index (κ3) is 4.94. The van der Waals surface area contributed by atoms with Crippen molar-refractivity contribution >= 4 is 0 Å². The molecule has 1 saturated carbocycles. The molecule has 168 valence electrons. The van der Waals surface area contributed by atoms with Gasteiger partial charge in [0.1, 0.15) is 11.6 Å². The molecule has 1 aliphatic heterocycles. The monoisotopic (exact) mass is 425 g/mol. The van der Waals surface area contributed by atoms with Crippen LogP contribution in [0.3, 0.4) is 0 Å². The van der Waals surface area contributed by atoms with E-state index in [9.17, 15) is 9.50 Å². The summed E-state index contributed by atoms with van der Waals surface area (Å²) in [6.45, 7) is 7.83. The molecule has 4 nitrogen and oxygen atoms in total. The molecule has 0 amide bonds. The fourth-order valence-electron chi connectivity index (χ4n) is 5.31. The Kier molecular flexibility index (Phi) is 6.95. The highest BCUT2D eigenvalue weighted by atomic mass is 19.1. The second kappa shape index (κ2) is 9.68. The summed E-state index contributed by atoms with van der Waals surface area (Å²) in [5, 5.41) is 14.2. The van der Waals surface area contributed by atoms with Gasteiger partial charge in [-0.1, -0.05) is 44.0 Å². The van der Waals surface area contributed by atoms with Crippen LogP contribution in [0.25, 0.3) is 0 Å². The van der Waals surface area contributed by atoms with Gasteiger partial charge in [0.15, 0.2) is 0 Å². The van der Waals surface area contributed by atoms with Crippen LogP contribution in [-0.2, 0) is 18.6 Å². The van der Waals surface area contributed by atoms with E-state index in [1.54, 1.807) is 12.1 Å². The minimum Gasteiger partial charge on any atom is -0.508 e. The van der Waals surface area contributed by atoms with E-state index in [1.807, 2.05) is 24.3 Å². The van der Waals surface area contributed by atoms with Gasteiger partial charge in [0.2, 0.25) is 0 Å². The summed E-state index contributed by atoms with van der Waals surface area (Å²) in [7, 11) is 2.15. The average molecular weight is 426 g/mol. The van der Waals surface area contributed by atoms with E-state index in [-0.39, 0.29) is 11.4 Å². The van der Waals surface area contributed by atoms with E-state index in [1.165, 1.54) is 6.42 Å². The maximum absolute atomic E-state index is 14.8. The molecule has 2 aromatic carbocycles. The summed E-state index contributed by atoms with van der Waals surface area (Å²) >= 11 is 0. The standard InChI is InChI=1S/C26H36FN3O/c1-20-7-5-6-12-26(20,23-8-3-4-9-24(23)27)28-18-21-10-11-25(31)22(17-21)19-30-15-13-29(2)14-16-30/h3-4,8-11,17,20,28,31H,5-7,12-16,18-19H2,1-2H3. The normalized spacial score (nSPS) is 25.6. The average Bonchev–Trinajstić information content (AvgIpc) is 2.77. The third-order valence-corrected chi connectivity index (χ3v) is 7.40. The van der Waals surface area contributed by atoms with E-state index in [0.29, 0.717) is 18.2 Å². The predicted molar refractivity (Wildman–Crippen MR) is 123 cm³/mol. The molecule has 1 aliphatic carbocycles. The Labute approximate surface area is 186 Å². The molecular formula is C26H36FN3O. The van der Waals surface area contributed by atoms with Crippen molar-refractivity contribution < 1.29 is 9.50 Å². The summed E-state index contributed by atoms with van der Waals surface area (Å²) < 4.78 is 14.8. The molecule has 2 aliphatic rings. The molecule has 5 heteroatoms. The molecule has 2 fully saturated rings. The first-order valence-corrected chi connectivity index (χ1v) is 11.7. The Hall–Kier alpha value is -1.95. The number of nitrogens with zero attached hydrogens (tertiary/aromatic N) is 2. The van der Waals surface area contributed by atoms with E-state index >= 15 is 0 Å². The lowest BCUT2D eigenvalue weighted by molar-refractivity contribution is 0.145. The zero-order valence-electron chi connectivity index (χ0n) is 18.9. The summed E-state index contributed by atoms with van der Waals surface area (Å²) in [5.74, 6) is 0.600. The van der Waals surface area contributed by atoms with Crippen LogP contribution >= 0.6 is 0 Å². The van der Waals surface area contributed by atoms with Crippen molar-refractivity contribution in [3.05, 3.63) is 65.0 Å². The molecule has 2 aromatic rings. The van der Waals surface area contributed by atoms with Crippen molar-refractivity contribution in [2.75, 3.05) is 33.2 Å². The number of phenols is 1. The molecule has 2 N–H and O–H groups in total. The van der Waals surface area contributed by atoms with Gasteiger partial charge in [-0.3, -0.25) is 4.90 Å². The minimum atomic E-state index is -0.348. The van der Waals surface area contributed by atoms with Gasteiger partial charge in [-0.2, -0.15) is 0 Å². The first-order chi connectivity index (χ1) is 15.0. The van der Waals surface area contributed by atoms with Gasteiger partial charge in [0.25, 0.3) is 0 Å². The van der Waals surface area contributed by atoms with Gasteiger partial charge in [-0.15, -0.1) is 0 Å². The van der Waals surface area contributed by atoms with Crippen LogP contribution in [0.1, 0.15) is 49.3 Å². The first kappa shape index (κ1) is 22.3. The Bertz CT molecular complexity index is 881. The topological polar surface area (TPSA) is 38.7 Å². The second-order valence-electron chi connectivity index (χ2n) is 9.49. The summed E-state index contributed by atoms with van der Waals surface area (Å²) in [6.07, 6.45) is 4.36. The minimum absolute atomic E-state index is 0.120. The zero-order valence-corrected chi connectivity index (χ0v) is 18.9. The molecule has 1 heterocycles. The van der Waals surface area contributed by atoms with Crippen LogP contribution in [0.15, 0.2) is 42.5 Å². The Morgan fingerprint density at radius 3 is 2.61 bits per heavy atom. The number of likely N-dealkylation sites (N-methyl/N-ethyl adjacent to an activating group) is 1. The van der Waals surface area contributed by atoms with E-state index < -0.39 is 0 Å². The highest BCUT2D eigenvalue weighted by Crippen LogP contribution is 2.42. The maximum Gasteiger partial charge on any atom is 0.128 e. The third-order valence-electron chi connectivity index (χ3n) is 7.40. The van der Waals surface area contributed by atoms with Crippen molar-refractivity contribution in [2.24, 2.45) is 5.92 Å². The van der Waals surface area contributed by atoms with Gasteiger partial charge in [-0.25, -0.2) is 4.39 Å². The van der Waals surface area contributed by atoms with Crippen LogP contribution < -0.4 is 5.32 Å². The number of hydrogen-bond donors (Lipinski definition) is 2. The number of phenolic OH excluding ortho intramolecular Hbond substituents is 1. The summed E-state index contributed by atoms with van der Waals surface area (Å²) in [6, 6.07) is 13.1. The number of rotatable bonds is 6. The van der Waals surface area contributed by atoms with E-state index in [4.69, 9.17) is 0 Å². The highest BCUT2D eigenvalue weighted by molar-refractivity contribution is 5.37. The quantitative estimate of drug-likeness (QED) is 0.716. The molecule has 1 saturated heterocycles. The number of aromatic hydroxyl groups is 1. The van der Waals surface area contributed by atoms with Crippen molar-refractivity contribution in [3.8, 4) is 5.75 Å². The van der Waals surface area contributed by atoms with Gasteiger partial charge in [-0.05, 0) is 49.6 Å². The molecular weight excluding hydrogens is 389 g/mol. The lowest BCUT2D eigenvalue weighted by Crippen LogP contribution is -2.49. The second-order valence-corrected chi connectivity index (χ2v) is 9.49. The number of hydrogen-bond acceptors (Lipinski definition) is 4. The highest BCUT2D eigenvalue weighted by Gasteiger charge is 2.41. The van der Waals surface area contributed by atoms with Crippen molar-refractivity contribution in [1.29, 1.82) is 0 Å². The molecule has 2 unspecified atom stereocenters. The number of piperazine rings is 1.